The van der Waals surface area contributed by atoms with Crippen LogP contribution < -0.4 is 0 Å². The number of ether oxygens (including phenoxy) is 1. The average Bonchev–Trinajstić information content (AvgIpc) is 3.24. The molecule has 2 heterocycles. The van der Waals surface area contributed by atoms with Crippen LogP contribution in [0.25, 0.3) is 0 Å². The summed E-state index contributed by atoms with van der Waals surface area (Å²) in [6.07, 6.45) is 21.7. The van der Waals surface area contributed by atoms with Crippen LogP contribution in [-0.2, 0) is 14.0 Å². The van der Waals surface area contributed by atoms with Crippen molar-refractivity contribution in [1.29, 1.82) is 0 Å². The second kappa shape index (κ2) is 12.0. The zero-order chi connectivity index (χ0) is 26.3. The van der Waals surface area contributed by atoms with Crippen LogP contribution in [0.1, 0.15) is 75.2 Å². The third-order valence-corrected chi connectivity index (χ3v) is 12.9. The van der Waals surface area contributed by atoms with Crippen molar-refractivity contribution >= 4 is 14.6 Å². The third kappa shape index (κ3) is 6.52. The SMILES string of the molecule is CC[Si](CC)(CC)O[C@]1(C)C[C@H]2CC(C)(C)[C@]1(/C=C/C(C)=C/C=C/C(C)=C/C=C/C=C(\C)C=O)O2. The molecule has 0 N–H and O–H groups in total. The van der Waals surface area contributed by atoms with Gasteiger partial charge in [0.05, 0.1) is 11.7 Å². The van der Waals surface area contributed by atoms with Gasteiger partial charge in [-0.3, -0.25) is 4.79 Å². The molecule has 2 aliphatic rings. The maximum absolute atomic E-state index is 10.6. The van der Waals surface area contributed by atoms with Gasteiger partial charge < -0.3 is 9.16 Å². The minimum atomic E-state index is -1.79. The van der Waals surface area contributed by atoms with Crippen molar-refractivity contribution in [1.82, 2.24) is 0 Å². The lowest BCUT2D eigenvalue weighted by atomic mass is 9.61. The van der Waals surface area contributed by atoms with Gasteiger partial charge in [0, 0.05) is 11.8 Å². The summed E-state index contributed by atoms with van der Waals surface area (Å²) in [4.78, 5) is 10.6. The van der Waals surface area contributed by atoms with Gasteiger partial charge in [-0.15, -0.1) is 0 Å². The van der Waals surface area contributed by atoms with Gasteiger partial charge in [-0.2, -0.15) is 0 Å². The Morgan fingerprint density at radius 3 is 1.94 bits per heavy atom. The molecule has 0 spiro atoms. The molecule has 0 aromatic rings. The van der Waals surface area contributed by atoms with Crippen LogP contribution in [0, 0.1) is 5.41 Å². The summed E-state index contributed by atoms with van der Waals surface area (Å²) in [7, 11) is -1.79. The molecule has 2 fully saturated rings. The normalized spacial score (nSPS) is 29.9. The summed E-state index contributed by atoms with van der Waals surface area (Å²) in [6.45, 7) is 19.9. The highest BCUT2D eigenvalue weighted by Gasteiger charge is 2.69. The zero-order valence-electron chi connectivity index (χ0n) is 23.6. The molecule has 194 valence electrons. The van der Waals surface area contributed by atoms with Gasteiger partial charge in [0.15, 0.2) is 8.32 Å². The van der Waals surface area contributed by atoms with Crippen molar-refractivity contribution in [3.05, 3.63) is 71.4 Å². The van der Waals surface area contributed by atoms with Gasteiger partial charge in [-0.05, 0) is 63.9 Å². The molecule has 4 heteroatoms. The zero-order valence-corrected chi connectivity index (χ0v) is 24.6. The van der Waals surface area contributed by atoms with E-state index < -0.39 is 13.9 Å². The number of rotatable bonds is 12. The van der Waals surface area contributed by atoms with Gasteiger partial charge in [0.2, 0.25) is 0 Å². The molecular formula is C31H48O3Si. The third-order valence-electron chi connectivity index (χ3n) is 8.19. The summed E-state index contributed by atoms with van der Waals surface area (Å²) < 4.78 is 14.0. The summed E-state index contributed by atoms with van der Waals surface area (Å²) >= 11 is 0. The van der Waals surface area contributed by atoms with Gasteiger partial charge in [-0.1, -0.05) is 94.4 Å². The fourth-order valence-corrected chi connectivity index (χ4v) is 9.02. The first-order valence-electron chi connectivity index (χ1n) is 13.3. The summed E-state index contributed by atoms with van der Waals surface area (Å²) in [6, 6.07) is 3.46. The predicted molar refractivity (Wildman–Crippen MR) is 152 cm³/mol. The number of hydrogen-bond acceptors (Lipinski definition) is 3. The van der Waals surface area contributed by atoms with Crippen molar-refractivity contribution in [2.45, 2.75) is 111 Å². The lowest BCUT2D eigenvalue weighted by molar-refractivity contribution is -0.106. The fourth-order valence-electron chi connectivity index (χ4n) is 5.89. The van der Waals surface area contributed by atoms with Crippen molar-refractivity contribution < 1.29 is 14.0 Å². The maximum atomic E-state index is 10.6. The standard InChI is InChI=1S/C31H48O3Si/c1-10-35(11-2,12-3)34-30(9)23-28-22-29(7,8)31(30,33-28)21-20-26(5)19-15-18-25(4)16-13-14-17-27(6)24-32/h13-21,24,28H,10-12,22-23H2,1-9H3/b14-13+,18-15+,21-20+,25-16+,26-19+,27-17+/t28-,30-,31+/m1/s1. The van der Waals surface area contributed by atoms with Crippen LogP contribution in [0.4, 0.5) is 0 Å². The first kappa shape index (κ1) is 29.5. The number of hydrogen-bond donors (Lipinski definition) is 0. The summed E-state index contributed by atoms with van der Waals surface area (Å²) in [5.74, 6) is 0. The first-order chi connectivity index (χ1) is 16.4. The molecule has 2 saturated heterocycles. The molecule has 0 aromatic heterocycles. The highest BCUT2D eigenvalue weighted by molar-refractivity contribution is 6.73. The van der Waals surface area contributed by atoms with Gasteiger partial charge in [0.25, 0.3) is 0 Å². The monoisotopic (exact) mass is 496 g/mol. The van der Waals surface area contributed by atoms with E-state index in [1.54, 1.807) is 13.0 Å². The second-order valence-corrected chi connectivity index (χ2v) is 16.0. The Kier molecular flexibility index (Phi) is 10.1. The molecule has 2 bridgehead atoms. The highest BCUT2D eigenvalue weighted by atomic mass is 28.4. The molecule has 0 aromatic carbocycles. The smallest absolute Gasteiger partial charge is 0.192 e. The minimum absolute atomic E-state index is 0.0228. The molecule has 3 atom stereocenters. The van der Waals surface area contributed by atoms with E-state index in [0.717, 1.165) is 42.8 Å². The summed E-state index contributed by atoms with van der Waals surface area (Å²) in [5.41, 5.74) is 2.37. The van der Waals surface area contributed by atoms with E-state index in [4.69, 9.17) is 9.16 Å². The predicted octanol–water partition coefficient (Wildman–Crippen LogP) is 8.43. The molecule has 2 rings (SSSR count). The van der Waals surface area contributed by atoms with E-state index in [1.807, 2.05) is 18.2 Å². The summed E-state index contributed by atoms with van der Waals surface area (Å²) in [5, 5.41) is 0. The Balaban J connectivity index is 2.23. The lowest BCUT2D eigenvalue weighted by Crippen LogP contribution is -2.62. The van der Waals surface area contributed by atoms with E-state index in [2.05, 4.69) is 85.8 Å². The number of allylic oxidation sites excluding steroid dienone is 11. The van der Waals surface area contributed by atoms with Crippen molar-refractivity contribution in [2.75, 3.05) is 0 Å². The van der Waals surface area contributed by atoms with E-state index in [1.165, 1.54) is 5.57 Å². The van der Waals surface area contributed by atoms with E-state index >= 15 is 0 Å². The molecule has 0 aliphatic carbocycles. The van der Waals surface area contributed by atoms with Crippen LogP contribution in [0.2, 0.25) is 18.1 Å². The van der Waals surface area contributed by atoms with Crippen LogP contribution in [-0.4, -0.2) is 31.9 Å². The van der Waals surface area contributed by atoms with Crippen molar-refractivity contribution in [3.8, 4) is 0 Å². The molecule has 0 radical (unpaired) electrons. The van der Waals surface area contributed by atoms with Crippen LogP contribution >= 0.6 is 0 Å². The molecule has 3 nitrogen and oxygen atoms in total. The Labute approximate surface area is 215 Å². The Hall–Kier alpha value is -1.75. The van der Waals surface area contributed by atoms with Crippen molar-refractivity contribution in [3.63, 3.8) is 0 Å². The lowest BCUT2D eigenvalue weighted by Gasteiger charge is -2.52. The average molecular weight is 497 g/mol. The molecule has 2 aliphatic heterocycles. The van der Waals surface area contributed by atoms with Gasteiger partial charge in [-0.25, -0.2) is 0 Å². The number of carbonyl (C=O) groups excluding carboxylic acids is 1. The minimum Gasteiger partial charge on any atom is -0.408 e. The van der Waals surface area contributed by atoms with E-state index in [-0.39, 0.29) is 17.1 Å². The number of aldehydes is 1. The molecular weight excluding hydrogens is 448 g/mol. The first-order valence-corrected chi connectivity index (χ1v) is 15.8. The van der Waals surface area contributed by atoms with E-state index in [0.29, 0.717) is 5.57 Å². The second-order valence-electron chi connectivity index (χ2n) is 11.3. The molecule has 35 heavy (non-hydrogen) atoms. The van der Waals surface area contributed by atoms with Crippen molar-refractivity contribution in [2.24, 2.45) is 5.41 Å². The quantitative estimate of drug-likeness (QED) is 0.118. The largest absolute Gasteiger partial charge is 0.408 e. The Bertz CT molecular complexity index is 921. The molecule has 0 saturated carbocycles. The van der Waals surface area contributed by atoms with Crippen LogP contribution in [0.5, 0.6) is 0 Å². The van der Waals surface area contributed by atoms with E-state index in [9.17, 15) is 4.79 Å². The number of fused-ring (bicyclic) bond motifs is 2. The Morgan fingerprint density at radius 1 is 0.857 bits per heavy atom. The Morgan fingerprint density at radius 2 is 1.40 bits per heavy atom. The van der Waals surface area contributed by atoms with Gasteiger partial charge >= 0.3 is 0 Å². The van der Waals surface area contributed by atoms with Gasteiger partial charge in [0.1, 0.15) is 11.9 Å². The van der Waals surface area contributed by atoms with Crippen LogP contribution in [0.15, 0.2) is 71.4 Å². The topological polar surface area (TPSA) is 35.5 Å². The number of carbonyl (C=O) groups is 1. The molecule has 0 unspecified atom stereocenters. The van der Waals surface area contributed by atoms with Crippen LogP contribution in [0.3, 0.4) is 0 Å². The molecule has 0 amide bonds. The highest BCUT2D eigenvalue weighted by Crippen LogP contribution is 2.62. The maximum Gasteiger partial charge on any atom is 0.192 e. The fraction of sp³-hybridized carbons (Fsp3) is 0.581.